The van der Waals surface area contributed by atoms with Crippen molar-refractivity contribution in [3.8, 4) is 0 Å². The van der Waals surface area contributed by atoms with E-state index in [1.165, 1.54) is 11.0 Å². The Hall–Kier alpha value is -2.17. The highest BCUT2D eigenvalue weighted by Gasteiger charge is 2.24. The van der Waals surface area contributed by atoms with Crippen molar-refractivity contribution in [2.24, 2.45) is 13.0 Å². The third-order valence-corrected chi connectivity index (χ3v) is 4.64. The van der Waals surface area contributed by atoms with Crippen LogP contribution in [0.2, 0.25) is 0 Å². The molecule has 1 N–H and O–H groups in total. The van der Waals surface area contributed by atoms with Gasteiger partial charge in [0, 0.05) is 24.7 Å². The van der Waals surface area contributed by atoms with Crippen LogP contribution in [-0.4, -0.2) is 21.5 Å². The summed E-state index contributed by atoms with van der Waals surface area (Å²) in [5, 5.41) is 3.84. The highest BCUT2D eigenvalue weighted by molar-refractivity contribution is 5.97. The van der Waals surface area contributed by atoms with Crippen LogP contribution in [0.5, 0.6) is 0 Å². The van der Waals surface area contributed by atoms with Crippen LogP contribution >= 0.6 is 0 Å². The Morgan fingerprint density at radius 3 is 2.91 bits per heavy atom. The summed E-state index contributed by atoms with van der Waals surface area (Å²) >= 11 is 0. The molecular formula is C17H21N3O2. The molecule has 0 aromatic carbocycles. The molecule has 2 heterocycles. The van der Waals surface area contributed by atoms with Crippen LogP contribution in [0.25, 0.3) is 11.0 Å². The lowest BCUT2D eigenvalue weighted by Gasteiger charge is -2.29. The zero-order chi connectivity index (χ0) is 15.7. The number of fused-ring (bicyclic) bond motifs is 1. The zero-order valence-corrected chi connectivity index (χ0v) is 13.0. The molecule has 0 unspecified atom stereocenters. The summed E-state index contributed by atoms with van der Waals surface area (Å²) in [5.41, 5.74) is 0.489. The van der Waals surface area contributed by atoms with E-state index in [9.17, 15) is 9.59 Å². The van der Waals surface area contributed by atoms with E-state index >= 15 is 0 Å². The third kappa shape index (κ3) is 2.63. The maximum Gasteiger partial charge on any atom is 0.264 e. The number of pyridine rings is 2. The van der Waals surface area contributed by atoms with Gasteiger partial charge in [-0.15, -0.1) is 0 Å². The number of nitrogens with zero attached hydrogens (tertiary/aromatic N) is 2. The lowest BCUT2D eigenvalue weighted by molar-refractivity contribution is 0.0908. The number of carbonyl (C=O) groups excluding carboxylic acids is 1. The van der Waals surface area contributed by atoms with Gasteiger partial charge in [0.25, 0.3) is 11.5 Å². The standard InChI is InChI=1S/C17H21N3O2/c1-11-6-3-4-8-14(11)19-16(21)13-10-12-7-5-9-18-15(12)20(2)17(13)22/h5,7,9-11,14H,3-4,6,8H2,1-2H3,(H,19,21)/t11-,14+/m1/s1. The molecule has 1 fully saturated rings. The molecule has 0 aliphatic heterocycles. The molecular weight excluding hydrogens is 278 g/mol. The van der Waals surface area contributed by atoms with Gasteiger partial charge in [-0.1, -0.05) is 19.8 Å². The number of nitrogens with one attached hydrogen (secondary N) is 1. The summed E-state index contributed by atoms with van der Waals surface area (Å²) in [4.78, 5) is 29.1. The largest absolute Gasteiger partial charge is 0.349 e. The summed E-state index contributed by atoms with van der Waals surface area (Å²) < 4.78 is 1.44. The molecule has 116 valence electrons. The van der Waals surface area contributed by atoms with Gasteiger partial charge >= 0.3 is 0 Å². The molecule has 2 atom stereocenters. The Morgan fingerprint density at radius 2 is 2.14 bits per heavy atom. The Balaban J connectivity index is 1.94. The predicted molar refractivity (Wildman–Crippen MR) is 85.9 cm³/mol. The van der Waals surface area contributed by atoms with Gasteiger partial charge in [-0.05, 0) is 37.0 Å². The van der Waals surface area contributed by atoms with Gasteiger partial charge in [-0.3, -0.25) is 14.2 Å². The molecule has 0 spiro atoms. The second kappa shape index (κ2) is 5.91. The van der Waals surface area contributed by atoms with Crippen LogP contribution in [0.15, 0.2) is 29.2 Å². The van der Waals surface area contributed by atoms with Gasteiger partial charge < -0.3 is 5.32 Å². The first-order chi connectivity index (χ1) is 10.6. The van der Waals surface area contributed by atoms with Crippen molar-refractivity contribution in [1.82, 2.24) is 14.9 Å². The molecule has 1 aliphatic carbocycles. The minimum absolute atomic E-state index is 0.163. The average Bonchev–Trinajstić information content (AvgIpc) is 2.53. The zero-order valence-electron chi connectivity index (χ0n) is 13.0. The van der Waals surface area contributed by atoms with Crippen molar-refractivity contribution in [3.63, 3.8) is 0 Å². The minimum Gasteiger partial charge on any atom is -0.349 e. The van der Waals surface area contributed by atoms with Crippen molar-refractivity contribution in [1.29, 1.82) is 0 Å². The van der Waals surface area contributed by atoms with Crippen LogP contribution in [-0.2, 0) is 7.05 Å². The average molecular weight is 299 g/mol. The first-order valence-electron chi connectivity index (χ1n) is 7.83. The highest BCUT2D eigenvalue weighted by atomic mass is 16.2. The van der Waals surface area contributed by atoms with E-state index in [4.69, 9.17) is 0 Å². The molecule has 1 saturated carbocycles. The lowest BCUT2D eigenvalue weighted by Crippen LogP contribution is -2.43. The van der Waals surface area contributed by atoms with Crippen LogP contribution in [0, 0.1) is 5.92 Å². The minimum atomic E-state index is -0.299. The molecule has 0 radical (unpaired) electrons. The molecule has 0 bridgehead atoms. The molecule has 5 nitrogen and oxygen atoms in total. The Bertz CT molecular complexity index is 766. The Labute approximate surface area is 129 Å². The number of amides is 1. The number of hydrogen-bond acceptors (Lipinski definition) is 3. The number of aromatic nitrogens is 2. The number of aryl methyl sites for hydroxylation is 1. The topological polar surface area (TPSA) is 64.0 Å². The fourth-order valence-corrected chi connectivity index (χ4v) is 3.24. The summed E-state index contributed by atoms with van der Waals surface area (Å²) in [6.45, 7) is 2.16. The van der Waals surface area contributed by atoms with E-state index in [1.54, 1.807) is 25.4 Å². The molecule has 3 rings (SSSR count). The molecule has 2 aromatic heterocycles. The van der Waals surface area contributed by atoms with E-state index in [0.717, 1.165) is 24.6 Å². The van der Waals surface area contributed by atoms with Gasteiger partial charge in [0.2, 0.25) is 0 Å². The van der Waals surface area contributed by atoms with Crippen LogP contribution in [0.3, 0.4) is 0 Å². The van der Waals surface area contributed by atoms with Gasteiger partial charge in [0.05, 0.1) is 0 Å². The monoisotopic (exact) mass is 299 g/mol. The first kappa shape index (κ1) is 14.8. The van der Waals surface area contributed by atoms with Crippen molar-refractivity contribution >= 4 is 16.9 Å². The fourth-order valence-electron chi connectivity index (χ4n) is 3.24. The second-order valence-electron chi connectivity index (χ2n) is 6.18. The molecule has 1 aliphatic rings. The van der Waals surface area contributed by atoms with Crippen LogP contribution in [0.1, 0.15) is 43.0 Å². The maximum atomic E-state index is 12.5. The Morgan fingerprint density at radius 1 is 1.36 bits per heavy atom. The van der Waals surface area contributed by atoms with E-state index in [2.05, 4.69) is 17.2 Å². The van der Waals surface area contributed by atoms with E-state index in [0.29, 0.717) is 11.6 Å². The van der Waals surface area contributed by atoms with E-state index in [-0.39, 0.29) is 23.1 Å². The fraction of sp³-hybridized carbons (Fsp3) is 0.471. The Kier molecular flexibility index (Phi) is 3.96. The SMILES string of the molecule is C[C@@H]1CCCC[C@@H]1NC(=O)c1cc2cccnc2n(C)c1=O. The van der Waals surface area contributed by atoms with E-state index < -0.39 is 0 Å². The summed E-state index contributed by atoms with van der Waals surface area (Å²) in [5.74, 6) is 0.189. The molecule has 1 amide bonds. The molecule has 2 aromatic rings. The number of hydrogen-bond donors (Lipinski definition) is 1. The second-order valence-corrected chi connectivity index (χ2v) is 6.18. The van der Waals surface area contributed by atoms with Crippen molar-refractivity contribution in [2.45, 2.75) is 38.6 Å². The van der Waals surface area contributed by atoms with Gasteiger partial charge in [0.15, 0.2) is 0 Å². The summed E-state index contributed by atoms with van der Waals surface area (Å²) in [6, 6.07) is 5.48. The lowest BCUT2D eigenvalue weighted by atomic mass is 9.86. The van der Waals surface area contributed by atoms with Crippen LogP contribution < -0.4 is 10.9 Å². The molecule has 5 heteroatoms. The van der Waals surface area contributed by atoms with Crippen molar-refractivity contribution in [3.05, 3.63) is 40.3 Å². The molecule has 22 heavy (non-hydrogen) atoms. The van der Waals surface area contributed by atoms with Crippen LogP contribution in [0.4, 0.5) is 0 Å². The van der Waals surface area contributed by atoms with Gasteiger partial charge in [-0.25, -0.2) is 4.98 Å². The highest BCUT2D eigenvalue weighted by Crippen LogP contribution is 2.24. The van der Waals surface area contributed by atoms with Crippen molar-refractivity contribution < 1.29 is 4.79 Å². The number of rotatable bonds is 2. The van der Waals surface area contributed by atoms with Gasteiger partial charge in [-0.2, -0.15) is 0 Å². The molecule has 0 saturated heterocycles. The summed E-state index contributed by atoms with van der Waals surface area (Å²) in [7, 11) is 1.65. The first-order valence-corrected chi connectivity index (χ1v) is 7.83. The van der Waals surface area contributed by atoms with Crippen molar-refractivity contribution in [2.75, 3.05) is 0 Å². The smallest absolute Gasteiger partial charge is 0.264 e. The van der Waals surface area contributed by atoms with Gasteiger partial charge in [0.1, 0.15) is 11.2 Å². The quantitative estimate of drug-likeness (QED) is 0.925. The predicted octanol–water partition coefficient (Wildman–Crippen LogP) is 2.24. The maximum absolute atomic E-state index is 12.5. The summed E-state index contributed by atoms with van der Waals surface area (Å²) in [6.07, 6.45) is 6.12. The number of carbonyl (C=O) groups is 1. The van der Waals surface area contributed by atoms with E-state index in [1.807, 2.05) is 6.07 Å². The normalized spacial score (nSPS) is 21.7. The third-order valence-electron chi connectivity index (χ3n) is 4.64.